The zero-order chi connectivity index (χ0) is 10.6. The summed E-state index contributed by atoms with van der Waals surface area (Å²) in [6.07, 6.45) is 0.474. The van der Waals surface area contributed by atoms with Gasteiger partial charge in [-0.15, -0.1) is 0 Å². The van der Waals surface area contributed by atoms with E-state index < -0.39 is 12.2 Å². The Morgan fingerprint density at radius 3 is 2.57 bits per heavy atom. The highest BCUT2D eigenvalue weighted by molar-refractivity contribution is 5.24. The van der Waals surface area contributed by atoms with Gasteiger partial charge < -0.3 is 20.4 Å². The van der Waals surface area contributed by atoms with E-state index in [0.717, 1.165) is 0 Å². The van der Waals surface area contributed by atoms with Gasteiger partial charge in [0.25, 0.3) is 0 Å². The van der Waals surface area contributed by atoms with Crippen LogP contribution in [0.4, 0.5) is 0 Å². The minimum absolute atomic E-state index is 0.0715. The van der Waals surface area contributed by atoms with Crippen LogP contribution >= 0.6 is 0 Å². The summed E-state index contributed by atoms with van der Waals surface area (Å²) in [7, 11) is 0. The molecule has 0 spiro atoms. The van der Waals surface area contributed by atoms with Crippen LogP contribution < -0.4 is 0 Å². The van der Waals surface area contributed by atoms with Gasteiger partial charge in [0.2, 0.25) is 0 Å². The molecule has 0 amide bonds. The molecule has 14 heavy (non-hydrogen) atoms. The fourth-order valence-corrected chi connectivity index (χ4v) is 1.12. The highest BCUT2D eigenvalue weighted by Crippen LogP contribution is 2.20. The van der Waals surface area contributed by atoms with Gasteiger partial charge in [0.05, 0.1) is 12.3 Å². The quantitative estimate of drug-likeness (QED) is 0.527. The van der Waals surface area contributed by atoms with E-state index in [4.69, 9.17) is 10.2 Å². The van der Waals surface area contributed by atoms with Crippen LogP contribution in [0.3, 0.4) is 0 Å². The molecule has 0 bridgehead atoms. The Bertz CT molecular complexity index is 292. The molecule has 5 nitrogen and oxygen atoms in total. The molecule has 1 heterocycles. The number of hydrogen-bond donors (Lipinski definition) is 4. The number of aromatic nitrogens is 1. The van der Waals surface area contributed by atoms with Crippen molar-refractivity contribution in [3.05, 3.63) is 24.0 Å². The summed E-state index contributed by atoms with van der Waals surface area (Å²) in [4.78, 5) is 3.66. The van der Waals surface area contributed by atoms with Crippen LogP contribution in [0.5, 0.6) is 5.75 Å². The van der Waals surface area contributed by atoms with Gasteiger partial charge in [-0.2, -0.15) is 0 Å². The van der Waals surface area contributed by atoms with Crippen molar-refractivity contribution in [2.24, 2.45) is 0 Å². The van der Waals surface area contributed by atoms with E-state index in [1.165, 1.54) is 18.5 Å². The zero-order valence-electron chi connectivity index (χ0n) is 7.54. The standard InChI is InChI=1S/C9H13NO4/c11-2-1-8(13)9(14)6-3-7(12)5-10-4-6/h3-5,8-9,11-14H,1-2H2. The minimum atomic E-state index is -1.14. The van der Waals surface area contributed by atoms with E-state index in [1.807, 2.05) is 0 Å². The Morgan fingerprint density at radius 2 is 2.00 bits per heavy atom. The van der Waals surface area contributed by atoms with Crippen molar-refractivity contribution in [1.82, 2.24) is 4.98 Å². The number of pyridine rings is 1. The Balaban J connectivity index is 2.73. The lowest BCUT2D eigenvalue weighted by Crippen LogP contribution is -2.19. The monoisotopic (exact) mass is 199 g/mol. The Hall–Kier alpha value is -1.17. The maximum atomic E-state index is 9.53. The molecule has 0 saturated carbocycles. The first-order valence-corrected chi connectivity index (χ1v) is 4.26. The number of hydrogen-bond acceptors (Lipinski definition) is 5. The topological polar surface area (TPSA) is 93.8 Å². The number of aliphatic hydroxyl groups excluding tert-OH is 3. The molecule has 0 aromatic carbocycles. The molecule has 78 valence electrons. The number of rotatable bonds is 4. The Labute approximate surface area is 81.3 Å². The molecule has 0 aliphatic heterocycles. The number of aliphatic hydroxyl groups is 3. The van der Waals surface area contributed by atoms with Crippen molar-refractivity contribution in [3.63, 3.8) is 0 Å². The van der Waals surface area contributed by atoms with Crippen molar-refractivity contribution in [2.75, 3.05) is 6.61 Å². The Kier molecular flexibility index (Phi) is 3.82. The average Bonchev–Trinajstić information content (AvgIpc) is 2.17. The molecule has 2 unspecified atom stereocenters. The predicted octanol–water partition coefficient (Wildman–Crippen LogP) is -0.436. The fraction of sp³-hybridized carbons (Fsp3) is 0.444. The maximum Gasteiger partial charge on any atom is 0.134 e. The summed E-state index contributed by atoms with van der Waals surface area (Å²) in [5.41, 5.74) is 0.325. The molecule has 2 atom stereocenters. The first-order valence-electron chi connectivity index (χ1n) is 4.26. The molecule has 0 aliphatic carbocycles. The van der Waals surface area contributed by atoms with E-state index in [9.17, 15) is 10.2 Å². The zero-order valence-corrected chi connectivity index (χ0v) is 7.54. The van der Waals surface area contributed by atoms with Crippen molar-refractivity contribution in [3.8, 4) is 5.75 Å². The van der Waals surface area contributed by atoms with Crippen molar-refractivity contribution >= 4 is 0 Å². The summed E-state index contributed by atoms with van der Waals surface area (Å²) in [5.74, 6) is -0.0715. The molecule has 1 aromatic heterocycles. The second-order valence-corrected chi connectivity index (χ2v) is 3.00. The second-order valence-electron chi connectivity index (χ2n) is 3.00. The van der Waals surface area contributed by atoms with Crippen LogP contribution in [0.1, 0.15) is 18.1 Å². The lowest BCUT2D eigenvalue weighted by molar-refractivity contribution is 0.00395. The van der Waals surface area contributed by atoms with Gasteiger partial charge in [-0.05, 0) is 12.5 Å². The van der Waals surface area contributed by atoms with Gasteiger partial charge in [-0.25, -0.2) is 0 Å². The second kappa shape index (κ2) is 4.90. The molecular formula is C9H13NO4. The van der Waals surface area contributed by atoms with Gasteiger partial charge in [-0.3, -0.25) is 4.98 Å². The van der Waals surface area contributed by atoms with E-state index in [0.29, 0.717) is 5.56 Å². The maximum absolute atomic E-state index is 9.53. The Morgan fingerprint density at radius 1 is 1.29 bits per heavy atom. The van der Waals surface area contributed by atoms with Gasteiger partial charge in [0.15, 0.2) is 0 Å². The van der Waals surface area contributed by atoms with E-state index in [2.05, 4.69) is 4.98 Å². The first-order chi connectivity index (χ1) is 6.65. The summed E-state index contributed by atoms with van der Waals surface area (Å²) >= 11 is 0. The van der Waals surface area contributed by atoms with E-state index in [1.54, 1.807) is 0 Å². The first kappa shape index (κ1) is 10.9. The average molecular weight is 199 g/mol. The molecular weight excluding hydrogens is 186 g/mol. The molecule has 0 saturated heterocycles. The molecule has 0 aliphatic rings. The lowest BCUT2D eigenvalue weighted by atomic mass is 10.0. The summed E-state index contributed by atoms with van der Waals surface area (Å²) < 4.78 is 0. The molecule has 1 aromatic rings. The van der Waals surface area contributed by atoms with Gasteiger partial charge in [0.1, 0.15) is 11.9 Å². The number of aromatic hydroxyl groups is 1. The third-order valence-corrected chi connectivity index (χ3v) is 1.88. The van der Waals surface area contributed by atoms with Crippen LogP contribution in [0.15, 0.2) is 18.5 Å². The molecule has 4 N–H and O–H groups in total. The van der Waals surface area contributed by atoms with Gasteiger partial charge in [-0.1, -0.05) is 0 Å². The van der Waals surface area contributed by atoms with Crippen molar-refractivity contribution in [2.45, 2.75) is 18.6 Å². The van der Waals surface area contributed by atoms with E-state index in [-0.39, 0.29) is 18.8 Å². The lowest BCUT2D eigenvalue weighted by Gasteiger charge is -2.16. The van der Waals surface area contributed by atoms with Crippen LogP contribution in [0.25, 0.3) is 0 Å². The highest BCUT2D eigenvalue weighted by atomic mass is 16.3. The van der Waals surface area contributed by atoms with Gasteiger partial charge >= 0.3 is 0 Å². The summed E-state index contributed by atoms with van der Waals surface area (Å²) in [6.45, 7) is -0.204. The third-order valence-electron chi connectivity index (χ3n) is 1.88. The molecule has 0 radical (unpaired) electrons. The van der Waals surface area contributed by atoms with Crippen LogP contribution in [-0.4, -0.2) is 38.1 Å². The fourth-order valence-electron chi connectivity index (χ4n) is 1.12. The predicted molar refractivity (Wildman–Crippen MR) is 48.6 cm³/mol. The summed E-state index contributed by atoms with van der Waals surface area (Å²) in [6, 6.07) is 1.32. The van der Waals surface area contributed by atoms with Crippen molar-refractivity contribution < 1.29 is 20.4 Å². The minimum Gasteiger partial charge on any atom is -0.506 e. The smallest absolute Gasteiger partial charge is 0.134 e. The van der Waals surface area contributed by atoms with Gasteiger partial charge in [0, 0.05) is 18.4 Å². The van der Waals surface area contributed by atoms with E-state index >= 15 is 0 Å². The molecule has 5 heteroatoms. The highest BCUT2D eigenvalue weighted by Gasteiger charge is 2.18. The molecule has 1 rings (SSSR count). The largest absolute Gasteiger partial charge is 0.506 e. The van der Waals surface area contributed by atoms with Crippen LogP contribution in [0.2, 0.25) is 0 Å². The SMILES string of the molecule is OCCC(O)C(O)c1cncc(O)c1. The molecule has 0 fully saturated rings. The number of nitrogens with zero attached hydrogens (tertiary/aromatic N) is 1. The van der Waals surface area contributed by atoms with Crippen LogP contribution in [0, 0.1) is 0 Å². The third kappa shape index (κ3) is 2.66. The van der Waals surface area contributed by atoms with Crippen molar-refractivity contribution in [1.29, 1.82) is 0 Å². The normalized spacial score (nSPS) is 15.1. The van der Waals surface area contributed by atoms with Crippen LogP contribution in [-0.2, 0) is 0 Å². The summed E-state index contributed by atoms with van der Waals surface area (Å²) in [5, 5.41) is 36.5.